The maximum Gasteiger partial charge on any atom is 0.387 e. The molecule has 5 heteroatoms. The Kier molecular flexibility index (Phi) is 4.43. The molecule has 17 heavy (non-hydrogen) atoms. The van der Waals surface area contributed by atoms with Gasteiger partial charge < -0.3 is 14.6 Å². The van der Waals surface area contributed by atoms with Gasteiger partial charge in [-0.1, -0.05) is 26.0 Å². The molecule has 0 unspecified atom stereocenters. The second-order valence-electron chi connectivity index (χ2n) is 3.99. The van der Waals surface area contributed by atoms with Gasteiger partial charge in [0, 0.05) is 11.9 Å². The van der Waals surface area contributed by atoms with E-state index in [1.54, 1.807) is 13.8 Å². The summed E-state index contributed by atoms with van der Waals surface area (Å²) in [6.07, 6.45) is 0. The van der Waals surface area contributed by atoms with Gasteiger partial charge in [-0.25, -0.2) is 0 Å². The van der Waals surface area contributed by atoms with Gasteiger partial charge in [0.25, 0.3) is 0 Å². The Balaban J connectivity index is 2.88. The van der Waals surface area contributed by atoms with Crippen molar-refractivity contribution in [2.75, 3.05) is 0 Å². The fourth-order valence-electron chi connectivity index (χ4n) is 1.65. The highest BCUT2D eigenvalue weighted by Gasteiger charge is 2.17. The molecule has 0 aromatic heterocycles. The van der Waals surface area contributed by atoms with E-state index >= 15 is 0 Å². The number of carboxylic acids is 1. The number of alkyl halides is 2. The number of rotatable bonds is 5. The molecule has 0 N–H and O–H groups in total. The first-order chi connectivity index (χ1) is 7.91. The van der Waals surface area contributed by atoms with Crippen LogP contribution in [0.1, 0.15) is 25.3 Å². The Morgan fingerprint density at radius 3 is 2.12 bits per heavy atom. The highest BCUT2D eigenvalue weighted by Crippen LogP contribution is 2.26. The number of hydrogen-bond donors (Lipinski definition) is 0. The van der Waals surface area contributed by atoms with Crippen molar-refractivity contribution < 1.29 is 23.4 Å². The van der Waals surface area contributed by atoms with Crippen LogP contribution in [0, 0.1) is 5.92 Å². The Morgan fingerprint density at radius 1 is 1.24 bits per heavy atom. The molecule has 0 radical (unpaired) electrons. The summed E-state index contributed by atoms with van der Waals surface area (Å²) in [6, 6.07) is 5.55. The molecule has 0 saturated carbocycles. The van der Waals surface area contributed by atoms with Crippen LogP contribution in [0.2, 0.25) is 0 Å². The third-order valence-electron chi connectivity index (χ3n) is 2.38. The molecule has 94 valence electrons. The first-order valence-corrected chi connectivity index (χ1v) is 5.17. The third kappa shape index (κ3) is 3.69. The van der Waals surface area contributed by atoms with E-state index in [9.17, 15) is 18.7 Å². The summed E-state index contributed by atoms with van der Waals surface area (Å²) in [5, 5.41) is 10.9. The number of carbonyl (C=O) groups is 1. The van der Waals surface area contributed by atoms with Crippen molar-refractivity contribution in [3.05, 3.63) is 29.8 Å². The summed E-state index contributed by atoms with van der Waals surface area (Å²) in [5.74, 6) is -2.07. The zero-order valence-corrected chi connectivity index (χ0v) is 9.52. The highest BCUT2D eigenvalue weighted by atomic mass is 19.3. The van der Waals surface area contributed by atoms with Crippen LogP contribution >= 0.6 is 0 Å². The van der Waals surface area contributed by atoms with E-state index in [1.165, 1.54) is 24.3 Å². The number of carboxylic acid groups (broad SMARTS) is 1. The SMILES string of the molecule is CC(C)[C@H](C(=O)[O-])c1ccc(OC(F)F)cc1. The minimum Gasteiger partial charge on any atom is -0.549 e. The summed E-state index contributed by atoms with van der Waals surface area (Å²) in [4.78, 5) is 10.9. The molecule has 0 amide bonds. The van der Waals surface area contributed by atoms with E-state index in [-0.39, 0.29) is 11.7 Å². The number of carbonyl (C=O) groups excluding carboxylic acids is 1. The fraction of sp³-hybridized carbons (Fsp3) is 0.417. The lowest BCUT2D eigenvalue weighted by atomic mass is 9.88. The molecule has 0 saturated heterocycles. The molecule has 0 heterocycles. The average Bonchev–Trinajstić information content (AvgIpc) is 2.18. The monoisotopic (exact) mass is 243 g/mol. The molecule has 0 aliphatic rings. The first-order valence-electron chi connectivity index (χ1n) is 5.17. The Bertz CT molecular complexity index is 374. The largest absolute Gasteiger partial charge is 0.549 e. The normalized spacial score (nSPS) is 12.8. The predicted molar refractivity (Wildman–Crippen MR) is 55.7 cm³/mol. The molecule has 0 aliphatic heterocycles. The number of aliphatic carboxylic acids is 1. The molecule has 0 aliphatic carbocycles. The van der Waals surface area contributed by atoms with Gasteiger partial charge in [-0.2, -0.15) is 8.78 Å². The first kappa shape index (κ1) is 13.4. The zero-order valence-electron chi connectivity index (χ0n) is 9.52. The molecule has 1 atom stereocenters. The standard InChI is InChI=1S/C12H14F2O3/c1-7(2)10(11(15)16)8-3-5-9(6-4-8)17-12(13)14/h3-7,10,12H,1-2H3,(H,15,16)/p-1/t10-/m0/s1. The lowest BCUT2D eigenvalue weighted by molar-refractivity contribution is -0.309. The minimum absolute atomic E-state index is 0.00426. The Hall–Kier alpha value is -1.65. The average molecular weight is 243 g/mol. The molecule has 0 spiro atoms. The second kappa shape index (κ2) is 5.61. The third-order valence-corrected chi connectivity index (χ3v) is 2.38. The molecule has 1 aromatic rings. The maximum atomic E-state index is 11.9. The van der Waals surface area contributed by atoms with E-state index in [4.69, 9.17) is 0 Å². The predicted octanol–water partition coefficient (Wildman–Crippen LogP) is 1.78. The fourth-order valence-corrected chi connectivity index (χ4v) is 1.65. The van der Waals surface area contributed by atoms with E-state index in [1.807, 2.05) is 0 Å². The topological polar surface area (TPSA) is 49.4 Å². The maximum absolute atomic E-state index is 11.9. The summed E-state index contributed by atoms with van der Waals surface area (Å²) in [6.45, 7) is 0.622. The van der Waals surface area contributed by atoms with Crippen LogP contribution in [0.25, 0.3) is 0 Å². The van der Waals surface area contributed by atoms with Gasteiger partial charge in [0.1, 0.15) is 5.75 Å². The molecular formula is C12H13F2O3-. The smallest absolute Gasteiger partial charge is 0.387 e. The summed E-state index contributed by atoms with van der Waals surface area (Å²) in [7, 11) is 0. The van der Waals surface area contributed by atoms with E-state index < -0.39 is 18.5 Å². The summed E-state index contributed by atoms with van der Waals surface area (Å²) in [5.41, 5.74) is 0.515. The lowest BCUT2D eigenvalue weighted by Gasteiger charge is -2.22. The summed E-state index contributed by atoms with van der Waals surface area (Å²) < 4.78 is 28.0. The molecular weight excluding hydrogens is 230 g/mol. The highest BCUT2D eigenvalue weighted by molar-refractivity contribution is 5.74. The number of hydrogen-bond acceptors (Lipinski definition) is 3. The zero-order chi connectivity index (χ0) is 13.0. The molecule has 0 bridgehead atoms. The van der Waals surface area contributed by atoms with Gasteiger partial charge in [-0.3, -0.25) is 0 Å². The van der Waals surface area contributed by atoms with Crippen LogP contribution in [0.5, 0.6) is 5.75 Å². The molecule has 1 rings (SSSR count). The Labute approximate surface area is 98.0 Å². The number of ether oxygens (including phenoxy) is 1. The van der Waals surface area contributed by atoms with Gasteiger partial charge in [0.05, 0.1) is 0 Å². The van der Waals surface area contributed by atoms with Crippen LogP contribution < -0.4 is 9.84 Å². The van der Waals surface area contributed by atoms with E-state index in [0.29, 0.717) is 5.56 Å². The summed E-state index contributed by atoms with van der Waals surface area (Å²) >= 11 is 0. The van der Waals surface area contributed by atoms with Crippen molar-refractivity contribution >= 4 is 5.97 Å². The van der Waals surface area contributed by atoms with Gasteiger partial charge in [-0.15, -0.1) is 0 Å². The van der Waals surface area contributed by atoms with Gasteiger partial charge in [0.15, 0.2) is 0 Å². The van der Waals surface area contributed by atoms with Gasteiger partial charge in [-0.05, 0) is 23.6 Å². The van der Waals surface area contributed by atoms with Gasteiger partial charge in [0.2, 0.25) is 0 Å². The number of benzene rings is 1. The van der Waals surface area contributed by atoms with Crippen molar-refractivity contribution in [1.82, 2.24) is 0 Å². The second-order valence-corrected chi connectivity index (χ2v) is 3.99. The Morgan fingerprint density at radius 2 is 1.76 bits per heavy atom. The van der Waals surface area contributed by atoms with Crippen LogP contribution in [-0.4, -0.2) is 12.6 Å². The quantitative estimate of drug-likeness (QED) is 0.792. The van der Waals surface area contributed by atoms with Crippen molar-refractivity contribution in [1.29, 1.82) is 0 Å². The van der Waals surface area contributed by atoms with Crippen molar-refractivity contribution in [3.63, 3.8) is 0 Å². The van der Waals surface area contributed by atoms with Crippen LogP contribution in [0.15, 0.2) is 24.3 Å². The van der Waals surface area contributed by atoms with Gasteiger partial charge >= 0.3 is 6.61 Å². The van der Waals surface area contributed by atoms with Crippen LogP contribution in [0.3, 0.4) is 0 Å². The lowest BCUT2D eigenvalue weighted by Crippen LogP contribution is -2.32. The molecule has 3 nitrogen and oxygen atoms in total. The van der Waals surface area contributed by atoms with E-state index in [0.717, 1.165) is 0 Å². The van der Waals surface area contributed by atoms with Crippen molar-refractivity contribution in [2.45, 2.75) is 26.4 Å². The molecule has 1 aromatic carbocycles. The van der Waals surface area contributed by atoms with Crippen LogP contribution in [0.4, 0.5) is 8.78 Å². The van der Waals surface area contributed by atoms with E-state index in [2.05, 4.69) is 4.74 Å². The van der Waals surface area contributed by atoms with Crippen LogP contribution in [-0.2, 0) is 4.79 Å². The minimum atomic E-state index is -2.89. The van der Waals surface area contributed by atoms with Crippen molar-refractivity contribution in [2.24, 2.45) is 5.92 Å². The molecule has 0 fully saturated rings. The number of halogens is 2. The van der Waals surface area contributed by atoms with Crippen molar-refractivity contribution in [3.8, 4) is 5.75 Å².